The van der Waals surface area contributed by atoms with Crippen LogP contribution in [0.4, 0.5) is 0 Å². The van der Waals surface area contributed by atoms with Crippen LogP contribution in [-0.4, -0.2) is 49.3 Å². The van der Waals surface area contributed by atoms with Crippen LogP contribution in [0.15, 0.2) is 72.9 Å². The Morgan fingerprint density at radius 1 is 0.419 bits per heavy atom. The lowest BCUT2D eigenvalue weighted by molar-refractivity contribution is -0.161. The van der Waals surface area contributed by atoms with Crippen molar-refractivity contribution < 1.29 is 37.6 Å². The summed E-state index contributed by atoms with van der Waals surface area (Å²) in [5, 5.41) is 0. The van der Waals surface area contributed by atoms with E-state index >= 15 is 0 Å². The van der Waals surface area contributed by atoms with Crippen LogP contribution in [0.2, 0.25) is 0 Å². The van der Waals surface area contributed by atoms with Crippen molar-refractivity contribution >= 4 is 19.8 Å². The summed E-state index contributed by atoms with van der Waals surface area (Å²) >= 11 is 0. The van der Waals surface area contributed by atoms with Gasteiger partial charge in [0.05, 0.1) is 13.2 Å². The SMILES string of the molecule is CC/C=C\C/C=C\C/C=C\C/C=C\C/C=C\C/C=C\CCCCC(=O)OC(COC(=O)CCCCCCCCCCCCCCCCCCCCCCCCCCCCCCCCCC)COP(=O)(O)OCCN. The molecule has 0 fully saturated rings. The van der Waals surface area contributed by atoms with Gasteiger partial charge in [0.1, 0.15) is 6.61 Å². The van der Waals surface area contributed by atoms with E-state index in [0.717, 1.165) is 70.6 Å². The molecule has 0 saturated carbocycles. The van der Waals surface area contributed by atoms with Crippen molar-refractivity contribution in [1.82, 2.24) is 0 Å². The fourth-order valence-electron chi connectivity index (χ4n) is 8.82. The molecule has 3 N–H and O–H groups in total. The van der Waals surface area contributed by atoms with E-state index in [2.05, 4.69) is 86.8 Å². The second kappa shape index (κ2) is 59.7. The number of hydrogen-bond donors (Lipinski definition) is 2. The number of esters is 2. The minimum Gasteiger partial charge on any atom is -0.462 e. The molecular formula is C64H116NO8P. The van der Waals surface area contributed by atoms with Gasteiger partial charge in [0.25, 0.3) is 0 Å². The van der Waals surface area contributed by atoms with Crippen LogP contribution in [0.25, 0.3) is 0 Å². The molecule has 0 amide bonds. The molecule has 0 spiro atoms. The van der Waals surface area contributed by atoms with Gasteiger partial charge in [-0.05, 0) is 64.2 Å². The quantitative estimate of drug-likeness (QED) is 0.0264. The summed E-state index contributed by atoms with van der Waals surface area (Å²) in [7, 11) is -4.40. The van der Waals surface area contributed by atoms with Crippen LogP contribution in [0.1, 0.15) is 290 Å². The van der Waals surface area contributed by atoms with Gasteiger partial charge in [-0.1, -0.05) is 286 Å². The highest BCUT2D eigenvalue weighted by atomic mass is 31.2. The Morgan fingerprint density at radius 3 is 1.11 bits per heavy atom. The van der Waals surface area contributed by atoms with Crippen LogP contribution in [0.5, 0.6) is 0 Å². The zero-order valence-electron chi connectivity index (χ0n) is 48.1. The van der Waals surface area contributed by atoms with Crippen molar-refractivity contribution in [2.45, 2.75) is 296 Å². The Balaban J connectivity index is 3.92. The molecule has 10 heteroatoms. The van der Waals surface area contributed by atoms with Crippen LogP contribution < -0.4 is 5.73 Å². The Morgan fingerprint density at radius 2 is 0.743 bits per heavy atom. The topological polar surface area (TPSA) is 134 Å². The number of phosphoric acid groups is 1. The van der Waals surface area contributed by atoms with Gasteiger partial charge in [-0.3, -0.25) is 18.6 Å². The van der Waals surface area contributed by atoms with Gasteiger partial charge in [-0.15, -0.1) is 0 Å². The van der Waals surface area contributed by atoms with Gasteiger partial charge < -0.3 is 20.1 Å². The Kier molecular flexibility index (Phi) is 57.6. The molecule has 0 bridgehead atoms. The van der Waals surface area contributed by atoms with Crippen LogP contribution in [0, 0.1) is 0 Å². The highest BCUT2D eigenvalue weighted by Crippen LogP contribution is 2.43. The Bertz CT molecular complexity index is 1440. The summed E-state index contributed by atoms with van der Waals surface area (Å²) in [6, 6.07) is 0. The first-order valence-electron chi connectivity index (χ1n) is 30.9. The molecule has 430 valence electrons. The Labute approximate surface area is 456 Å². The summed E-state index contributed by atoms with van der Waals surface area (Å²) in [6.07, 6.45) is 77.1. The molecule has 74 heavy (non-hydrogen) atoms. The monoisotopic (exact) mass is 1060 g/mol. The summed E-state index contributed by atoms with van der Waals surface area (Å²) < 4.78 is 33.0. The molecule has 2 atom stereocenters. The highest BCUT2D eigenvalue weighted by Gasteiger charge is 2.26. The maximum absolute atomic E-state index is 12.7. The van der Waals surface area contributed by atoms with Gasteiger partial charge in [0.15, 0.2) is 6.10 Å². The smallest absolute Gasteiger partial charge is 0.462 e. The van der Waals surface area contributed by atoms with E-state index in [0.29, 0.717) is 6.42 Å². The minimum atomic E-state index is -4.40. The first-order valence-corrected chi connectivity index (χ1v) is 32.4. The van der Waals surface area contributed by atoms with Crippen molar-refractivity contribution in [3.8, 4) is 0 Å². The fraction of sp³-hybridized carbons (Fsp3) is 0.781. The molecule has 0 aliphatic carbocycles. The number of nitrogens with two attached hydrogens (primary N) is 1. The molecule has 0 rings (SSSR count). The van der Waals surface area contributed by atoms with Gasteiger partial charge in [-0.2, -0.15) is 0 Å². The van der Waals surface area contributed by atoms with Crippen LogP contribution in [0.3, 0.4) is 0 Å². The number of phosphoric ester groups is 1. The summed E-state index contributed by atoms with van der Waals surface area (Å²) in [5.41, 5.74) is 5.38. The lowest BCUT2D eigenvalue weighted by Gasteiger charge is -2.19. The van der Waals surface area contributed by atoms with Crippen molar-refractivity contribution in [3.05, 3.63) is 72.9 Å². The third kappa shape index (κ3) is 58.7. The van der Waals surface area contributed by atoms with E-state index < -0.39 is 26.5 Å². The molecular weight excluding hydrogens is 942 g/mol. The molecule has 0 aliphatic heterocycles. The molecule has 0 aromatic carbocycles. The molecule has 0 radical (unpaired) electrons. The largest absolute Gasteiger partial charge is 0.472 e. The first-order chi connectivity index (χ1) is 36.3. The number of ether oxygens (including phenoxy) is 2. The average molecular weight is 1060 g/mol. The molecule has 9 nitrogen and oxygen atoms in total. The molecule has 0 aliphatic rings. The summed E-state index contributed by atoms with van der Waals surface area (Å²) in [5.74, 6) is -0.871. The number of allylic oxidation sites excluding steroid dienone is 12. The van der Waals surface area contributed by atoms with Crippen LogP contribution in [-0.2, 0) is 32.7 Å². The van der Waals surface area contributed by atoms with E-state index in [1.165, 1.54) is 186 Å². The molecule has 0 aromatic rings. The first kappa shape index (κ1) is 71.5. The van der Waals surface area contributed by atoms with E-state index in [4.69, 9.17) is 24.3 Å². The second-order valence-electron chi connectivity index (χ2n) is 20.6. The zero-order valence-corrected chi connectivity index (χ0v) is 49.0. The third-order valence-electron chi connectivity index (χ3n) is 13.4. The predicted molar refractivity (Wildman–Crippen MR) is 316 cm³/mol. The number of carbonyl (C=O) groups is 2. The molecule has 0 heterocycles. The third-order valence-corrected chi connectivity index (χ3v) is 14.3. The van der Waals surface area contributed by atoms with Gasteiger partial charge in [-0.25, -0.2) is 4.57 Å². The maximum atomic E-state index is 12.7. The van der Waals surface area contributed by atoms with Gasteiger partial charge in [0, 0.05) is 19.4 Å². The van der Waals surface area contributed by atoms with E-state index in [9.17, 15) is 19.0 Å². The Hall–Kier alpha value is -2.55. The van der Waals surface area contributed by atoms with Crippen molar-refractivity contribution in [2.75, 3.05) is 26.4 Å². The summed E-state index contributed by atoms with van der Waals surface area (Å²) in [6.45, 7) is 3.61. The highest BCUT2D eigenvalue weighted by molar-refractivity contribution is 7.47. The van der Waals surface area contributed by atoms with Crippen LogP contribution >= 0.6 is 7.82 Å². The average Bonchev–Trinajstić information content (AvgIpc) is 3.39. The lowest BCUT2D eigenvalue weighted by Crippen LogP contribution is -2.29. The maximum Gasteiger partial charge on any atom is 0.472 e. The van der Waals surface area contributed by atoms with E-state index in [1.807, 2.05) is 0 Å². The van der Waals surface area contributed by atoms with Crippen molar-refractivity contribution in [3.63, 3.8) is 0 Å². The van der Waals surface area contributed by atoms with Gasteiger partial charge >= 0.3 is 19.8 Å². The second-order valence-corrected chi connectivity index (χ2v) is 22.0. The number of unbranched alkanes of at least 4 members (excludes halogenated alkanes) is 33. The standard InChI is InChI=1S/C64H116NO8P/c1-3-5-7-9-11-13-15-17-19-21-23-25-26-27-28-29-30-31-32-33-34-35-37-38-40-42-44-46-48-50-52-54-56-63(66)70-60-62(61-72-74(68,69)71-59-58-65)73-64(67)57-55-53-51-49-47-45-43-41-39-36-24-22-20-18-16-14-12-10-8-6-4-2/h6,8,12,14,18,20,24,36,41,43,47,49,62H,3-5,7,9-11,13,15-17,19,21-23,25-35,37-40,42,44-46,48,50-61,65H2,1-2H3,(H,68,69)/b8-6-,14-12-,20-18-,36-24-,43-41-,49-47-. The van der Waals surface area contributed by atoms with Gasteiger partial charge in [0.2, 0.25) is 0 Å². The molecule has 0 saturated heterocycles. The van der Waals surface area contributed by atoms with E-state index in [-0.39, 0.29) is 38.6 Å². The predicted octanol–water partition coefficient (Wildman–Crippen LogP) is 19.7. The molecule has 0 aromatic heterocycles. The van der Waals surface area contributed by atoms with Crippen molar-refractivity contribution in [2.24, 2.45) is 5.73 Å². The lowest BCUT2D eigenvalue weighted by atomic mass is 10.0. The summed E-state index contributed by atoms with van der Waals surface area (Å²) in [4.78, 5) is 35.2. The molecule has 2 unspecified atom stereocenters. The normalized spacial score (nSPS) is 13.5. The van der Waals surface area contributed by atoms with E-state index in [1.54, 1.807) is 0 Å². The van der Waals surface area contributed by atoms with Crippen molar-refractivity contribution in [1.29, 1.82) is 0 Å². The zero-order chi connectivity index (χ0) is 53.8. The minimum absolute atomic E-state index is 0.0439. The fourth-order valence-corrected chi connectivity index (χ4v) is 9.58. The number of carbonyl (C=O) groups excluding carboxylic acids is 2. The number of rotatable bonds is 58. The number of hydrogen-bond acceptors (Lipinski definition) is 8.